The van der Waals surface area contributed by atoms with Crippen LogP contribution in [0.1, 0.15) is 11.1 Å². The Kier molecular flexibility index (Phi) is 4.33. The summed E-state index contributed by atoms with van der Waals surface area (Å²) in [5, 5.41) is 19.4. The lowest BCUT2D eigenvalue weighted by Gasteiger charge is -2.15. The predicted octanol–water partition coefficient (Wildman–Crippen LogP) is 1.21. The highest BCUT2D eigenvalue weighted by molar-refractivity contribution is 6.46. The maximum atomic E-state index is 8.68. The van der Waals surface area contributed by atoms with Crippen LogP contribution in [0.3, 0.4) is 0 Å². The SMILES string of the molecule is CON=C(C1=NOCCO1)c1ccccc1C=NO. The standard InChI is InChI=1S/C12H13N3O4/c1-17-14-11(12-15-19-7-6-18-12)10-5-3-2-4-9(10)8-13-16/h2-5,8,16H,6-7H2,1H3. The Labute approximate surface area is 109 Å². The van der Waals surface area contributed by atoms with Crippen LogP contribution in [0, 0.1) is 0 Å². The van der Waals surface area contributed by atoms with E-state index in [1.807, 2.05) is 12.1 Å². The molecule has 0 saturated carbocycles. The zero-order valence-electron chi connectivity index (χ0n) is 10.3. The summed E-state index contributed by atoms with van der Waals surface area (Å²) in [5.41, 5.74) is 1.68. The number of nitrogens with zero attached hydrogens (tertiary/aromatic N) is 3. The number of rotatable bonds is 4. The van der Waals surface area contributed by atoms with Gasteiger partial charge in [0.1, 0.15) is 13.7 Å². The van der Waals surface area contributed by atoms with Gasteiger partial charge in [-0.2, -0.15) is 0 Å². The molecule has 0 saturated heterocycles. The van der Waals surface area contributed by atoms with Gasteiger partial charge in [-0.05, 0) is 5.16 Å². The molecule has 19 heavy (non-hydrogen) atoms. The van der Waals surface area contributed by atoms with Crippen LogP contribution in [-0.2, 0) is 14.4 Å². The quantitative estimate of drug-likeness (QED) is 0.502. The van der Waals surface area contributed by atoms with Gasteiger partial charge in [0.25, 0.3) is 5.90 Å². The van der Waals surface area contributed by atoms with Crippen molar-refractivity contribution in [1.82, 2.24) is 0 Å². The number of hydrogen-bond donors (Lipinski definition) is 1. The first kappa shape index (κ1) is 12.9. The lowest BCUT2D eigenvalue weighted by molar-refractivity contribution is 0.0672. The van der Waals surface area contributed by atoms with E-state index in [-0.39, 0.29) is 5.90 Å². The Hall–Kier alpha value is -2.57. The first-order valence-corrected chi connectivity index (χ1v) is 5.58. The maximum absolute atomic E-state index is 8.68. The molecule has 0 atom stereocenters. The average Bonchev–Trinajstić information content (AvgIpc) is 2.47. The summed E-state index contributed by atoms with van der Waals surface area (Å²) in [6.07, 6.45) is 1.30. The molecule has 0 bridgehead atoms. The maximum Gasteiger partial charge on any atom is 0.280 e. The van der Waals surface area contributed by atoms with Crippen molar-refractivity contribution >= 4 is 17.8 Å². The smallest absolute Gasteiger partial charge is 0.280 e. The first-order chi connectivity index (χ1) is 9.36. The van der Waals surface area contributed by atoms with Gasteiger partial charge in [-0.25, -0.2) is 0 Å². The minimum absolute atomic E-state index is 0.229. The van der Waals surface area contributed by atoms with Gasteiger partial charge in [0.15, 0.2) is 12.3 Å². The monoisotopic (exact) mass is 263 g/mol. The molecule has 0 fully saturated rings. The second-order valence-corrected chi connectivity index (χ2v) is 3.53. The Morgan fingerprint density at radius 1 is 1.42 bits per heavy atom. The van der Waals surface area contributed by atoms with Crippen LogP contribution in [0.4, 0.5) is 0 Å². The van der Waals surface area contributed by atoms with E-state index in [0.717, 1.165) is 0 Å². The lowest BCUT2D eigenvalue weighted by atomic mass is 10.0. The molecule has 1 N–H and O–H groups in total. The Bertz CT molecular complexity index is 525. The van der Waals surface area contributed by atoms with Crippen molar-refractivity contribution in [3.63, 3.8) is 0 Å². The minimum atomic E-state index is 0.229. The molecular weight excluding hydrogens is 250 g/mol. The van der Waals surface area contributed by atoms with Crippen molar-refractivity contribution in [3.05, 3.63) is 35.4 Å². The highest BCUT2D eigenvalue weighted by Crippen LogP contribution is 2.12. The minimum Gasteiger partial charge on any atom is -0.470 e. The molecule has 1 heterocycles. The van der Waals surface area contributed by atoms with E-state index in [1.165, 1.54) is 13.3 Å². The molecule has 0 aromatic heterocycles. The van der Waals surface area contributed by atoms with E-state index in [4.69, 9.17) is 19.6 Å². The molecule has 2 rings (SSSR count). The van der Waals surface area contributed by atoms with Crippen LogP contribution in [0.15, 0.2) is 39.7 Å². The predicted molar refractivity (Wildman–Crippen MR) is 68.7 cm³/mol. The molecule has 100 valence electrons. The van der Waals surface area contributed by atoms with Crippen LogP contribution in [-0.4, -0.2) is 43.4 Å². The molecule has 0 aliphatic carbocycles. The van der Waals surface area contributed by atoms with Crippen LogP contribution < -0.4 is 0 Å². The fourth-order valence-electron chi connectivity index (χ4n) is 1.60. The first-order valence-electron chi connectivity index (χ1n) is 5.58. The normalized spacial score (nSPS) is 15.6. The average molecular weight is 263 g/mol. The summed E-state index contributed by atoms with van der Waals surface area (Å²) < 4.78 is 5.39. The van der Waals surface area contributed by atoms with Crippen LogP contribution in [0.5, 0.6) is 0 Å². The van der Waals surface area contributed by atoms with Gasteiger partial charge in [-0.1, -0.05) is 34.6 Å². The summed E-state index contributed by atoms with van der Waals surface area (Å²) in [6, 6.07) is 7.18. The third-order valence-electron chi connectivity index (χ3n) is 2.36. The molecule has 0 unspecified atom stereocenters. The summed E-state index contributed by atoms with van der Waals surface area (Å²) in [5.74, 6) is 0.229. The number of ether oxygens (including phenoxy) is 1. The second-order valence-electron chi connectivity index (χ2n) is 3.53. The topological polar surface area (TPSA) is 85.0 Å². The molecule has 1 aliphatic rings. The number of benzene rings is 1. The van der Waals surface area contributed by atoms with E-state index in [0.29, 0.717) is 30.1 Å². The van der Waals surface area contributed by atoms with E-state index < -0.39 is 0 Å². The fourth-order valence-corrected chi connectivity index (χ4v) is 1.60. The van der Waals surface area contributed by atoms with Crippen LogP contribution >= 0.6 is 0 Å². The summed E-state index contributed by atoms with van der Waals surface area (Å²) in [7, 11) is 1.42. The van der Waals surface area contributed by atoms with Gasteiger partial charge in [0.05, 0.1) is 6.21 Å². The molecule has 1 aromatic rings. The van der Waals surface area contributed by atoms with Crippen LogP contribution in [0.25, 0.3) is 0 Å². The van der Waals surface area contributed by atoms with Crippen molar-refractivity contribution in [2.24, 2.45) is 15.5 Å². The van der Waals surface area contributed by atoms with Gasteiger partial charge >= 0.3 is 0 Å². The van der Waals surface area contributed by atoms with Gasteiger partial charge in [-0.15, -0.1) is 0 Å². The molecule has 1 aliphatic heterocycles. The molecular formula is C12H13N3O4. The molecule has 1 aromatic carbocycles. The van der Waals surface area contributed by atoms with Crippen molar-refractivity contribution in [2.45, 2.75) is 0 Å². The van der Waals surface area contributed by atoms with Crippen molar-refractivity contribution in [2.75, 3.05) is 20.3 Å². The van der Waals surface area contributed by atoms with Crippen molar-refractivity contribution in [1.29, 1.82) is 0 Å². The molecule has 0 spiro atoms. The second kappa shape index (κ2) is 6.39. The van der Waals surface area contributed by atoms with Crippen LogP contribution in [0.2, 0.25) is 0 Å². The van der Waals surface area contributed by atoms with Crippen molar-refractivity contribution in [3.8, 4) is 0 Å². The number of oxime groups is 3. The zero-order valence-corrected chi connectivity index (χ0v) is 10.3. The summed E-state index contributed by atoms with van der Waals surface area (Å²) in [6.45, 7) is 0.779. The third-order valence-corrected chi connectivity index (χ3v) is 2.36. The van der Waals surface area contributed by atoms with Crippen molar-refractivity contribution < 1.29 is 19.6 Å². The molecule has 7 heteroatoms. The largest absolute Gasteiger partial charge is 0.470 e. The highest BCUT2D eigenvalue weighted by atomic mass is 16.7. The third kappa shape index (κ3) is 3.01. The molecule has 0 radical (unpaired) electrons. The molecule has 7 nitrogen and oxygen atoms in total. The number of hydrogen-bond acceptors (Lipinski definition) is 7. The van der Waals surface area contributed by atoms with Gasteiger partial charge in [-0.3, -0.25) is 0 Å². The summed E-state index contributed by atoms with van der Waals surface area (Å²) in [4.78, 5) is 9.78. The Balaban J connectivity index is 2.45. The van der Waals surface area contributed by atoms with E-state index in [9.17, 15) is 0 Å². The highest BCUT2D eigenvalue weighted by Gasteiger charge is 2.20. The summed E-state index contributed by atoms with van der Waals surface area (Å²) >= 11 is 0. The van der Waals surface area contributed by atoms with Gasteiger partial charge in [0, 0.05) is 11.1 Å². The van der Waals surface area contributed by atoms with Gasteiger partial charge < -0.3 is 19.6 Å². The Morgan fingerprint density at radius 2 is 2.26 bits per heavy atom. The lowest BCUT2D eigenvalue weighted by Crippen LogP contribution is -2.26. The fraction of sp³-hybridized carbons (Fsp3) is 0.250. The Morgan fingerprint density at radius 3 is 2.95 bits per heavy atom. The van der Waals surface area contributed by atoms with E-state index in [2.05, 4.69) is 15.5 Å². The van der Waals surface area contributed by atoms with E-state index in [1.54, 1.807) is 12.1 Å². The van der Waals surface area contributed by atoms with Gasteiger partial charge in [0.2, 0.25) is 0 Å². The zero-order chi connectivity index (χ0) is 13.5. The van der Waals surface area contributed by atoms with E-state index >= 15 is 0 Å². The molecule has 0 amide bonds.